The molecule has 194 valence electrons. The Morgan fingerprint density at radius 1 is 1.33 bits per heavy atom. The number of anilines is 1. The van der Waals surface area contributed by atoms with Gasteiger partial charge in [-0.2, -0.15) is 18.2 Å². The van der Waals surface area contributed by atoms with E-state index in [1.807, 2.05) is 6.07 Å². The number of hydrogen-bond acceptors (Lipinski definition) is 9. The van der Waals surface area contributed by atoms with E-state index in [0.717, 1.165) is 25.1 Å². The Hall–Kier alpha value is -2.35. The largest absolute Gasteiger partial charge is 0.446 e. The van der Waals surface area contributed by atoms with Crippen molar-refractivity contribution in [1.29, 1.82) is 0 Å². The fourth-order valence-electron chi connectivity index (χ4n) is 4.67. The number of likely N-dealkylation sites (N-methyl/N-ethyl adjacent to an activating group) is 1. The van der Waals surface area contributed by atoms with E-state index in [0.29, 0.717) is 22.5 Å². The molecule has 8 nitrogen and oxygen atoms in total. The lowest BCUT2D eigenvalue weighted by atomic mass is 10.00. The number of alkyl halides is 3. The van der Waals surface area contributed by atoms with Crippen LogP contribution >= 0.6 is 23.1 Å². The molecule has 2 aliphatic heterocycles. The molecule has 0 spiro atoms. The second-order valence-electron chi connectivity index (χ2n) is 9.18. The molecule has 2 aliphatic rings. The summed E-state index contributed by atoms with van der Waals surface area (Å²) in [7, 11) is 3.51. The van der Waals surface area contributed by atoms with Crippen LogP contribution in [0.1, 0.15) is 38.1 Å². The number of piperidine rings is 1. The highest BCUT2D eigenvalue weighted by Crippen LogP contribution is 2.50. The van der Waals surface area contributed by atoms with Gasteiger partial charge in [0, 0.05) is 42.4 Å². The molecule has 0 unspecified atom stereocenters. The third-order valence-electron chi connectivity index (χ3n) is 6.73. The van der Waals surface area contributed by atoms with Gasteiger partial charge in [0.25, 0.3) is 0 Å². The van der Waals surface area contributed by atoms with Gasteiger partial charge in [-0.05, 0) is 44.6 Å². The molecular formula is C23H26F3N5O3S2. The van der Waals surface area contributed by atoms with Crippen molar-refractivity contribution in [2.45, 2.75) is 60.8 Å². The first-order valence-electron chi connectivity index (χ1n) is 11.6. The maximum Gasteiger partial charge on any atom is 0.446 e. The monoisotopic (exact) mass is 541 g/mol. The zero-order valence-electron chi connectivity index (χ0n) is 19.9. The zero-order valence-corrected chi connectivity index (χ0v) is 21.5. The average Bonchev–Trinajstić information content (AvgIpc) is 3.53. The van der Waals surface area contributed by atoms with Crippen LogP contribution in [0.2, 0.25) is 0 Å². The number of carbonyl (C=O) groups excluding carboxylic acids is 1. The summed E-state index contributed by atoms with van der Waals surface area (Å²) in [6.45, 7) is 3.04. The minimum Gasteiger partial charge on any atom is -0.380 e. The first-order valence-corrected chi connectivity index (χ1v) is 13.2. The summed E-state index contributed by atoms with van der Waals surface area (Å²) in [5.74, 6) is -0.0999. The number of nitrogens with zero attached hydrogens (tertiary/aromatic N) is 3. The van der Waals surface area contributed by atoms with Gasteiger partial charge in [0.2, 0.25) is 17.6 Å². The van der Waals surface area contributed by atoms with Gasteiger partial charge in [-0.25, -0.2) is 0 Å². The van der Waals surface area contributed by atoms with Crippen LogP contribution in [-0.2, 0) is 9.53 Å². The maximum absolute atomic E-state index is 13.6. The SMILES string of the molecule is CO[C@H]1C[C@H](c2nc(-c3sc4c(N[C@H]5CC[C@@H](C)N(C)C5)cccc4c3SC(F)(F)F)no2)NC1=O. The van der Waals surface area contributed by atoms with E-state index in [-0.39, 0.29) is 45.2 Å². The fourth-order valence-corrected chi connectivity index (χ4v) is 6.78. The molecule has 3 aromatic rings. The van der Waals surface area contributed by atoms with E-state index in [1.54, 1.807) is 12.1 Å². The number of rotatable bonds is 6. The number of carbonyl (C=O) groups is 1. The smallest absolute Gasteiger partial charge is 0.380 e. The minimum atomic E-state index is -4.49. The number of methoxy groups -OCH3 is 1. The van der Waals surface area contributed by atoms with Crippen LogP contribution in [0.25, 0.3) is 20.8 Å². The molecule has 0 bridgehead atoms. The number of likely N-dealkylation sites (tertiary alicyclic amines) is 1. The molecule has 2 saturated heterocycles. The second kappa shape index (κ2) is 9.84. The number of fused-ring (bicyclic) bond motifs is 1. The number of thiophene rings is 1. The van der Waals surface area contributed by atoms with Gasteiger partial charge < -0.3 is 24.8 Å². The Morgan fingerprint density at radius 3 is 2.83 bits per heavy atom. The zero-order chi connectivity index (χ0) is 25.6. The van der Waals surface area contributed by atoms with Gasteiger partial charge in [0.05, 0.1) is 15.3 Å². The third-order valence-corrected chi connectivity index (χ3v) is 8.95. The van der Waals surface area contributed by atoms with Crippen LogP contribution in [0.3, 0.4) is 0 Å². The Labute approximate surface area is 213 Å². The molecule has 4 atom stereocenters. The summed E-state index contributed by atoms with van der Waals surface area (Å²) in [4.78, 5) is 18.9. The number of hydrogen-bond donors (Lipinski definition) is 2. The third kappa shape index (κ3) is 5.06. The maximum atomic E-state index is 13.6. The van der Waals surface area contributed by atoms with Crippen LogP contribution in [0.15, 0.2) is 27.6 Å². The van der Waals surface area contributed by atoms with E-state index in [2.05, 4.69) is 39.6 Å². The van der Waals surface area contributed by atoms with Crippen LogP contribution < -0.4 is 10.6 Å². The lowest BCUT2D eigenvalue weighted by molar-refractivity contribution is -0.127. The van der Waals surface area contributed by atoms with E-state index in [1.165, 1.54) is 18.4 Å². The second-order valence-corrected chi connectivity index (χ2v) is 11.3. The lowest BCUT2D eigenvalue weighted by Gasteiger charge is -2.36. The van der Waals surface area contributed by atoms with Crippen molar-refractivity contribution in [2.75, 3.05) is 26.0 Å². The first-order chi connectivity index (χ1) is 17.1. The molecule has 2 N–H and O–H groups in total. The summed E-state index contributed by atoms with van der Waals surface area (Å²) < 4.78 is 52.0. The van der Waals surface area contributed by atoms with Crippen molar-refractivity contribution in [3.63, 3.8) is 0 Å². The van der Waals surface area contributed by atoms with Crippen LogP contribution in [0.5, 0.6) is 0 Å². The molecule has 36 heavy (non-hydrogen) atoms. The Kier molecular flexibility index (Phi) is 6.92. The molecule has 1 amide bonds. The molecule has 0 radical (unpaired) electrons. The van der Waals surface area contributed by atoms with Gasteiger partial charge in [0.15, 0.2) is 0 Å². The van der Waals surface area contributed by atoms with Crippen molar-refractivity contribution in [3.05, 3.63) is 24.1 Å². The van der Waals surface area contributed by atoms with Crippen molar-refractivity contribution >= 4 is 44.8 Å². The van der Waals surface area contributed by atoms with Crippen LogP contribution in [0.4, 0.5) is 18.9 Å². The summed E-state index contributed by atoms with van der Waals surface area (Å²) in [6, 6.07) is 5.47. The Bertz CT molecular complexity index is 1260. The number of nitrogens with one attached hydrogen (secondary N) is 2. The van der Waals surface area contributed by atoms with Gasteiger partial charge in [-0.3, -0.25) is 4.79 Å². The number of ether oxygens (including phenoxy) is 1. The fraction of sp³-hybridized carbons (Fsp3) is 0.522. The van der Waals surface area contributed by atoms with Crippen molar-refractivity contribution in [1.82, 2.24) is 20.4 Å². The van der Waals surface area contributed by atoms with Crippen molar-refractivity contribution < 1.29 is 27.2 Å². The average molecular weight is 542 g/mol. The molecule has 2 fully saturated rings. The Balaban J connectivity index is 1.50. The Morgan fingerprint density at radius 2 is 2.14 bits per heavy atom. The molecule has 5 rings (SSSR count). The van der Waals surface area contributed by atoms with Crippen molar-refractivity contribution in [2.24, 2.45) is 0 Å². The van der Waals surface area contributed by atoms with E-state index in [4.69, 9.17) is 9.26 Å². The van der Waals surface area contributed by atoms with Crippen LogP contribution in [-0.4, -0.2) is 65.3 Å². The quantitative estimate of drug-likeness (QED) is 0.420. The molecule has 4 heterocycles. The lowest BCUT2D eigenvalue weighted by Crippen LogP contribution is -2.44. The van der Waals surface area contributed by atoms with Gasteiger partial charge in [-0.15, -0.1) is 11.3 Å². The number of aromatic nitrogens is 2. The van der Waals surface area contributed by atoms with E-state index < -0.39 is 17.7 Å². The van der Waals surface area contributed by atoms with E-state index >= 15 is 0 Å². The predicted molar refractivity (Wildman–Crippen MR) is 132 cm³/mol. The van der Waals surface area contributed by atoms with Gasteiger partial charge >= 0.3 is 5.51 Å². The standard InChI is InChI=1S/C23H26F3N5O3S2/c1-11-7-8-12(10-31(11)2)27-14-6-4-5-13-17(14)35-19(18(13)36-23(24,25)26)20-29-22(34-30-20)15-9-16(33-3)21(32)28-15/h4-6,11-12,15-16,27H,7-10H2,1-3H3,(H,28,32)/t11-,12+,15-,16+/m1/s1. The normalized spacial score (nSPS) is 25.4. The topological polar surface area (TPSA) is 92.5 Å². The number of amides is 1. The molecule has 1 aromatic carbocycles. The van der Waals surface area contributed by atoms with Crippen LogP contribution in [0, 0.1) is 0 Å². The molecule has 13 heteroatoms. The van der Waals surface area contributed by atoms with Crippen molar-refractivity contribution in [3.8, 4) is 10.7 Å². The highest BCUT2D eigenvalue weighted by atomic mass is 32.2. The number of thioether (sulfide) groups is 1. The van der Waals surface area contributed by atoms with Gasteiger partial charge in [0.1, 0.15) is 12.1 Å². The summed E-state index contributed by atoms with van der Waals surface area (Å²) in [5.41, 5.74) is -3.71. The predicted octanol–water partition coefficient (Wildman–Crippen LogP) is 5.03. The number of halogens is 3. The summed E-state index contributed by atoms with van der Waals surface area (Å²) in [5, 5.41) is 10.7. The highest BCUT2D eigenvalue weighted by molar-refractivity contribution is 8.00. The number of benzene rings is 1. The highest BCUT2D eigenvalue weighted by Gasteiger charge is 2.38. The van der Waals surface area contributed by atoms with E-state index in [9.17, 15) is 18.0 Å². The van der Waals surface area contributed by atoms with Gasteiger partial charge in [-0.1, -0.05) is 17.3 Å². The molecular weight excluding hydrogens is 515 g/mol. The minimum absolute atomic E-state index is 0.0399. The molecule has 2 aromatic heterocycles. The first kappa shape index (κ1) is 25.3. The molecule has 0 aliphatic carbocycles. The summed E-state index contributed by atoms with van der Waals surface area (Å²) in [6.07, 6.45) is 1.69. The summed E-state index contributed by atoms with van der Waals surface area (Å²) >= 11 is 1.02. The molecule has 0 saturated carbocycles.